The van der Waals surface area contributed by atoms with Crippen molar-refractivity contribution in [2.24, 2.45) is 0 Å². The summed E-state index contributed by atoms with van der Waals surface area (Å²) in [5.74, 6) is -0.828. The first-order chi connectivity index (χ1) is 14.9. The van der Waals surface area contributed by atoms with Gasteiger partial charge in [0.25, 0.3) is 10.0 Å². The Morgan fingerprint density at radius 1 is 1.32 bits per heavy atom. The Morgan fingerprint density at radius 2 is 2.06 bits per heavy atom. The average molecular weight is 470 g/mol. The topological polar surface area (TPSA) is 87.7 Å². The number of nitrogens with one attached hydrogen (secondary N) is 1. The quantitative estimate of drug-likeness (QED) is 0.594. The van der Waals surface area contributed by atoms with Crippen molar-refractivity contribution in [3.63, 3.8) is 0 Å². The zero-order valence-corrected chi connectivity index (χ0v) is 18.8. The summed E-state index contributed by atoms with van der Waals surface area (Å²) < 4.78 is 47.3. The van der Waals surface area contributed by atoms with Crippen LogP contribution in [0.1, 0.15) is 25.7 Å². The van der Waals surface area contributed by atoms with Crippen LogP contribution in [0.3, 0.4) is 0 Å². The van der Waals surface area contributed by atoms with Gasteiger partial charge in [-0.3, -0.25) is 4.90 Å². The van der Waals surface area contributed by atoms with Crippen molar-refractivity contribution in [1.82, 2.24) is 14.9 Å². The molecule has 0 spiro atoms. The highest BCUT2D eigenvalue weighted by Gasteiger charge is 2.44. The van der Waals surface area contributed by atoms with Crippen LogP contribution in [0.2, 0.25) is 5.02 Å². The number of fused-ring (bicyclic) bond motifs is 1. The van der Waals surface area contributed by atoms with E-state index in [1.807, 2.05) is 0 Å². The van der Waals surface area contributed by atoms with Gasteiger partial charge in [0.1, 0.15) is 29.6 Å². The molecule has 0 atom stereocenters. The monoisotopic (exact) mass is 469 g/mol. The van der Waals surface area contributed by atoms with Crippen LogP contribution in [0.4, 0.5) is 15.9 Å². The number of nitrogens with zero attached hydrogens (tertiary/aromatic N) is 4. The van der Waals surface area contributed by atoms with Crippen LogP contribution in [-0.4, -0.2) is 62.3 Å². The summed E-state index contributed by atoms with van der Waals surface area (Å²) in [6, 6.07) is 3.68. The van der Waals surface area contributed by atoms with Crippen LogP contribution >= 0.6 is 11.6 Å². The molecule has 2 aromatic rings. The van der Waals surface area contributed by atoms with E-state index in [0.29, 0.717) is 12.2 Å². The highest BCUT2D eigenvalue weighted by Crippen LogP contribution is 2.39. The number of aromatic nitrogens is 2. The molecule has 0 aliphatic carbocycles. The number of rotatable bonds is 8. The number of hydrogen-bond acceptors (Lipinski definition) is 7. The fourth-order valence-electron chi connectivity index (χ4n) is 4.56. The predicted molar refractivity (Wildman–Crippen MR) is 116 cm³/mol. The standard InChI is InChI=1S/C20H25ClFN5O3S/c1-30-14-27(19-4-7-23-13-25-19)31(28,29)18-10-15(21)17(11-16(18)22)24-12-20-5-2-8-26(20)9-3-6-20/h4,7,10-11,13,24H,2-3,5-6,8-9,12,14H2,1H3. The van der Waals surface area contributed by atoms with E-state index >= 15 is 4.39 Å². The maximum Gasteiger partial charge on any atom is 0.270 e. The summed E-state index contributed by atoms with van der Waals surface area (Å²) in [5, 5.41) is 3.39. The van der Waals surface area contributed by atoms with E-state index in [-0.39, 0.29) is 23.1 Å². The first kappa shape index (κ1) is 22.2. The van der Waals surface area contributed by atoms with Gasteiger partial charge in [0.2, 0.25) is 0 Å². The Labute approximate surface area is 186 Å². The summed E-state index contributed by atoms with van der Waals surface area (Å²) in [6.07, 6.45) is 7.10. The number of anilines is 2. The van der Waals surface area contributed by atoms with Crippen molar-refractivity contribution < 1.29 is 17.5 Å². The highest BCUT2D eigenvalue weighted by atomic mass is 35.5. The molecule has 1 aromatic heterocycles. The van der Waals surface area contributed by atoms with E-state index in [1.54, 1.807) is 0 Å². The molecule has 8 nitrogen and oxygen atoms in total. The van der Waals surface area contributed by atoms with Crippen molar-refractivity contribution >= 4 is 33.1 Å². The van der Waals surface area contributed by atoms with Crippen LogP contribution in [0.5, 0.6) is 0 Å². The van der Waals surface area contributed by atoms with Gasteiger partial charge < -0.3 is 10.1 Å². The first-order valence-electron chi connectivity index (χ1n) is 10.1. The summed E-state index contributed by atoms with van der Waals surface area (Å²) in [7, 11) is -2.97. The second kappa shape index (κ2) is 8.85. The second-order valence-corrected chi connectivity index (χ2v) is 10.1. The molecule has 1 aromatic carbocycles. The molecular weight excluding hydrogens is 445 g/mol. The third-order valence-corrected chi connectivity index (χ3v) is 8.13. The molecule has 2 saturated heterocycles. The van der Waals surface area contributed by atoms with Gasteiger partial charge in [-0.05, 0) is 50.9 Å². The smallest absolute Gasteiger partial charge is 0.270 e. The number of hydrogen-bond donors (Lipinski definition) is 1. The fraction of sp³-hybridized carbons (Fsp3) is 0.500. The molecule has 2 aliphatic rings. The lowest BCUT2D eigenvalue weighted by Gasteiger charge is -2.32. The number of halogens is 2. The summed E-state index contributed by atoms with van der Waals surface area (Å²) in [5.41, 5.74) is 0.457. The Bertz CT molecular complexity index is 1030. The normalized spacial score (nSPS) is 18.2. The molecule has 0 radical (unpaired) electrons. The van der Waals surface area contributed by atoms with Crippen molar-refractivity contribution in [1.29, 1.82) is 0 Å². The summed E-state index contributed by atoms with van der Waals surface area (Å²) in [6.45, 7) is 2.47. The third-order valence-electron chi connectivity index (χ3n) is 6.08. The number of benzene rings is 1. The van der Waals surface area contributed by atoms with Gasteiger partial charge in [0.15, 0.2) is 0 Å². The lowest BCUT2D eigenvalue weighted by molar-refractivity contribution is 0.209. The molecule has 1 N–H and O–H groups in total. The largest absolute Gasteiger partial charge is 0.382 e. The van der Waals surface area contributed by atoms with Gasteiger partial charge in [-0.1, -0.05) is 11.6 Å². The Morgan fingerprint density at radius 3 is 2.71 bits per heavy atom. The third kappa shape index (κ3) is 4.21. The van der Waals surface area contributed by atoms with Gasteiger partial charge >= 0.3 is 0 Å². The molecule has 2 fully saturated rings. The SMILES string of the molecule is COCN(c1ccncn1)S(=O)(=O)c1cc(Cl)c(NCC23CCCN2CCC3)cc1F. The van der Waals surface area contributed by atoms with Gasteiger partial charge in [0.05, 0.1) is 10.7 Å². The average Bonchev–Trinajstić information content (AvgIpc) is 3.33. The van der Waals surface area contributed by atoms with Crippen molar-refractivity contribution in [2.45, 2.75) is 36.1 Å². The zero-order chi connectivity index (χ0) is 22.1. The second-order valence-electron chi connectivity index (χ2n) is 7.87. The molecule has 0 saturated carbocycles. The van der Waals surface area contributed by atoms with E-state index < -0.39 is 20.7 Å². The molecule has 0 bridgehead atoms. The van der Waals surface area contributed by atoms with Gasteiger partial charge in [0, 0.05) is 31.5 Å². The predicted octanol–water partition coefficient (Wildman–Crippen LogP) is 3.11. The summed E-state index contributed by atoms with van der Waals surface area (Å²) >= 11 is 6.38. The van der Waals surface area contributed by atoms with Gasteiger partial charge in [-0.15, -0.1) is 0 Å². The number of sulfonamides is 1. The maximum absolute atomic E-state index is 15.0. The van der Waals surface area contributed by atoms with Crippen molar-refractivity contribution in [3.05, 3.63) is 41.6 Å². The van der Waals surface area contributed by atoms with E-state index in [2.05, 4.69) is 20.2 Å². The molecule has 2 aliphatic heterocycles. The van der Waals surface area contributed by atoms with Crippen LogP contribution in [0.15, 0.2) is 35.6 Å². The molecule has 168 valence electrons. The van der Waals surface area contributed by atoms with Crippen LogP contribution in [-0.2, 0) is 14.8 Å². The van der Waals surface area contributed by atoms with Gasteiger partial charge in [-0.2, -0.15) is 0 Å². The molecule has 31 heavy (non-hydrogen) atoms. The molecule has 0 amide bonds. The summed E-state index contributed by atoms with van der Waals surface area (Å²) in [4.78, 5) is 9.67. The lowest BCUT2D eigenvalue weighted by Crippen LogP contribution is -2.44. The zero-order valence-electron chi connectivity index (χ0n) is 17.2. The van der Waals surface area contributed by atoms with Crippen molar-refractivity contribution in [3.8, 4) is 0 Å². The molecule has 11 heteroatoms. The lowest BCUT2D eigenvalue weighted by atomic mass is 9.94. The minimum absolute atomic E-state index is 0.0660. The van der Waals surface area contributed by atoms with Crippen LogP contribution < -0.4 is 9.62 Å². The number of methoxy groups -OCH3 is 1. The maximum atomic E-state index is 15.0. The fourth-order valence-corrected chi connectivity index (χ4v) is 6.26. The molecular formula is C20H25ClFN5O3S. The Hall–Kier alpha value is -2.01. The van der Waals surface area contributed by atoms with E-state index in [1.165, 1.54) is 25.7 Å². The van der Waals surface area contributed by atoms with E-state index in [0.717, 1.165) is 55.2 Å². The van der Waals surface area contributed by atoms with Crippen LogP contribution in [0, 0.1) is 5.82 Å². The molecule has 3 heterocycles. The Kier molecular flexibility index (Phi) is 6.34. The van der Waals surface area contributed by atoms with Crippen molar-refractivity contribution in [2.75, 3.05) is 43.1 Å². The van der Waals surface area contributed by atoms with Crippen LogP contribution in [0.25, 0.3) is 0 Å². The van der Waals surface area contributed by atoms with E-state index in [4.69, 9.17) is 16.3 Å². The Balaban J connectivity index is 1.60. The molecule has 4 rings (SSSR count). The minimum atomic E-state index is -4.31. The highest BCUT2D eigenvalue weighted by molar-refractivity contribution is 7.92. The minimum Gasteiger partial charge on any atom is -0.382 e. The number of ether oxygens (including phenoxy) is 1. The van der Waals surface area contributed by atoms with E-state index in [9.17, 15) is 8.42 Å². The van der Waals surface area contributed by atoms with Gasteiger partial charge in [-0.25, -0.2) is 27.1 Å². The molecule has 0 unspecified atom stereocenters. The first-order valence-corrected chi connectivity index (χ1v) is 11.9.